The van der Waals surface area contributed by atoms with Gasteiger partial charge < -0.3 is 14.8 Å². The van der Waals surface area contributed by atoms with Gasteiger partial charge in [-0.15, -0.1) is 0 Å². The topological polar surface area (TPSA) is 138 Å². The van der Waals surface area contributed by atoms with Crippen LogP contribution < -0.4 is 16.7 Å². The number of anilines is 1. The summed E-state index contributed by atoms with van der Waals surface area (Å²) < 4.78 is 3.22. The molecular weight excluding hydrogens is 444 g/mol. The van der Waals surface area contributed by atoms with Crippen molar-refractivity contribution >= 4 is 45.3 Å². The molecule has 2 heterocycles. The van der Waals surface area contributed by atoms with E-state index in [2.05, 4.69) is 36.4 Å². The zero-order valence-corrected chi connectivity index (χ0v) is 17.0. The molecule has 11 heteroatoms. The van der Waals surface area contributed by atoms with E-state index >= 15 is 0 Å². The number of hydrogen-bond donors (Lipinski definition) is 4. The summed E-state index contributed by atoms with van der Waals surface area (Å²) in [6.07, 6.45) is 2.24. The molecule has 10 nitrogen and oxygen atoms in total. The van der Waals surface area contributed by atoms with Crippen LogP contribution in [-0.2, 0) is 13.6 Å². The van der Waals surface area contributed by atoms with Crippen molar-refractivity contribution in [2.45, 2.75) is 12.6 Å². The Balaban J connectivity index is 1.96. The SMILES string of the molecule is Cn1c(=O)[nH]c(=O)c2c1nc(N/N=C/C(Br)=C/c1ccccc1)n2CC(O)CO. The molecule has 1 atom stereocenters. The van der Waals surface area contributed by atoms with Crippen molar-refractivity contribution in [3.05, 3.63) is 61.2 Å². The minimum Gasteiger partial charge on any atom is -0.394 e. The van der Waals surface area contributed by atoms with Crippen LogP contribution in [0.25, 0.3) is 17.2 Å². The fourth-order valence-corrected chi connectivity index (χ4v) is 3.03. The molecule has 1 aromatic carbocycles. The van der Waals surface area contributed by atoms with Crippen LogP contribution in [0, 0.1) is 0 Å². The molecule has 0 saturated heterocycles. The number of hydrogen-bond acceptors (Lipinski definition) is 7. The lowest BCUT2D eigenvalue weighted by molar-refractivity contribution is 0.0825. The highest BCUT2D eigenvalue weighted by Crippen LogP contribution is 2.16. The molecule has 0 spiro atoms. The van der Waals surface area contributed by atoms with Crippen molar-refractivity contribution in [2.24, 2.45) is 12.1 Å². The van der Waals surface area contributed by atoms with Crippen molar-refractivity contribution in [2.75, 3.05) is 12.0 Å². The Bertz CT molecular complexity index is 1180. The van der Waals surface area contributed by atoms with E-state index in [1.165, 1.54) is 22.4 Å². The second kappa shape index (κ2) is 8.99. The van der Waals surface area contributed by atoms with Gasteiger partial charge in [0.1, 0.15) is 0 Å². The van der Waals surface area contributed by atoms with Crippen LogP contribution in [0.4, 0.5) is 5.95 Å². The summed E-state index contributed by atoms with van der Waals surface area (Å²) >= 11 is 3.40. The maximum absolute atomic E-state index is 12.3. The molecule has 0 aliphatic rings. The van der Waals surface area contributed by atoms with Crippen LogP contribution in [-0.4, -0.2) is 48.2 Å². The van der Waals surface area contributed by atoms with Crippen LogP contribution in [0.1, 0.15) is 5.56 Å². The lowest BCUT2D eigenvalue weighted by Gasteiger charge is -2.11. The molecule has 3 rings (SSSR count). The van der Waals surface area contributed by atoms with Gasteiger partial charge in [-0.3, -0.25) is 14.3 Å². The van der Waals surface area contributed by atoms with Gasteiger partial charge in [-0.25, -0.2) is 10.2 Å². The van der Waals surface area contributed by atoms with Crippen LogP contribution >= 0.6 is 15.9 Å². The number of rotatable bonds is 7. The lowest BCUT2D eigenvalue weighted by Crippen LogP contribution is -2.30. The Morgan fingerprint density at radius 1 is 1.38 bits per heavy atom. The number of H-pyrrole nitrogens is 1. The summed E-state index contributed by atoms with van der Waals surface area (Å²) in [6.45, 7) is -0.620. The molecule has 1 unspecified atom stereocenters. The number of aromatic amines is 1. The first-order chi connectivity index (χ1) is 13.9. The molecule has 0 saturated carbocycles. The largest absolute Gasteiger partial charge is 0.394 e. The number of aryl methyl sites for hydroxylation is 1. The number of nitrogens with zero attached hydrogens (tertiary/aromatic N) is 4. The van der Waals surface area contributed by atoms with E-state index in [4.69, 9.17) is 5.11 Å². The van der Waals surface area contributed by atoms with Crippen molar-refractivity contribution in [1.82, 2.24) is 19.1 Å². The molecule has 0 aliphatic heterocycles. The second-order valence-electron chi connectivity index (χ2n) is 6.18. The Labute approximate surface area is 173 Å². The zero-order valence-electron chi connectivity index (χ0n) is 15.4. The highest BCUT2D eigenvalue weighted by molar-refractivity contribution is 9.12. The number of benzene rings is 1. The maximum Gasteiger partial charge on any atom is 0.329 e. The van der Waals surface area contributed by atoms with Gasteiger partial charge in [-0.1, -0.05) is 30.3 Å². The Hall–Kier alpha value is -3.02. The highest BCUT2D eigenvalue weighted by Gasteiger charge is 2.19. The normalized spacial score (nSPS) is 13.3. The van der Waals surface area contributed by atoms with Gasteiger partial charge in [-0.05, 0) is 27.6 Å². The van der Waals surface area contributed by atoms with Crippen molar-refractivity contribution in [1.29, 1.82) is 0 Å². The number of imidazole rings is 1. The quantitative estimate of drug-likeness (QED) is 0.299. The van der Waals surface area contributed by atoms with Crippen LogP contribution in [0.15, 0.2) is 49.5 Å². The predicted molar refractivity (Wildman–Crippen MR) is 114 cm³/mol. The molecule has 29 heavy (non-hydrogen) atoms. The Morgan fingerprint density at radius 2 is 2.10 bits per heavy atom. The number of aromatic nitrogens is 4. The number of fused-ring (bicyclic) bond motifs is 1. The van der Waals surface area contributed by atoms with E-state index in [9.17, 15) is 14.7 Å². The lowest BCUT2D eigenvalue weighted by atomic mass is 10.2. The van der Waals surface area contributed by atoms with Gasteiger partial charge in [0.25, 0.3) is 5.56 Å². The number of aliphatic hydroxyl groups is 2. The third-order valence-electron chi connectivity index (χ3n) is 4.07. The summed E-state index contributed by atoms with van der Waals surface area (Å²) in [5.74, 6) is 0.135. The molecule has 0 aliphatic carbocycles. The molecule has 2 aromatic heterocycles. The minimum absolute atomic E-state index is 0.0798. The van der Waals surface area contributed by atoms with E-state index in [-0.39, 0.29) is 23.7 Å². The van der Waals surface area contributed by atoms with Crippen LogP contribution in [0.2, 0.25) is 0 Å². The minimum atomic E-state index is -1.13. The maximum atomic E-state index is 12.3. The monoisotopic (exact) mass is 462 g/mol. The molecule has 152 valence electrons. The van der Waals surface area contributed by atoms with E-state index in [1.807, 2.05) is 36.4 Å². The molecule has 3 aromatic rings. The van der Waals surface area contributed by atoms with E-state index in [0.717, 1.165) is 5.56 Å². The Kier molecular flexibility index (Phi) is 6.42. The highest BCUT2D eigenvalue weighted by atomic mass is 79.9. The first kappa shape index (κ1) is 20.7. The smallest absolute Gasteiger partial charge is 0.329 e. The molecule has 0 fully saturated rings. The predicted octanol–water partition coefficient (Wildman–Crippen LogP) is 0.610. The van der Waals surface area contributed by atoms with E-state index in [0.29, 0.717) is 4.48 Å². The zero-order chi connectivity index (χ0) is 21.0. The molecule has 0 amide bonds. The summed E-state index contributed by atoms with van der Waals surface area (Å²) in [5.41, 5.74) is 2.63. The summed E-state index contributed by atoms with van der Waals surface area (Å²) in [6, 6.07) is 9.62. The number of nitrogens with one attached hydrogen (secondary N) is 2. The third kappa shape index (κ3) is 4.70. The van der Waals surface area contributed by atoms with Crippen molar-refractivity contribution in [3.63, 3.8) is 0 Å². The van der Waals surface area contributed by atoms with Gasteiger partial charge >= 0.3 is 5.69 Å². The summed E-state index contributed by atoms with van der Waals surface area (Å²) in [4.78, 5) is 30.6. The summed E-state index contributed by atoms with van der Waals surface area (Å²) in [7, 11) is 1.46. The summed E-state index contributed by atoms with van der Waals surface area (Å²) in [5, 5.41) is 23.1. The van der Waals surface area contributed by atoms with Crippen LogP contribution in [0.5, 0.6) is 0 Å². The molecular formula is C18H19BrN6O4. The average molecular weight is 463 g/mol. The first-order valence-electron chi connectivity index (χ1n) is 8.60. The third-order valence-corrected chi connectivity index (χ3v) is 4.50. The van der Waals surface area contributed by atoms with Gasteiger partial charge in [0, 0.05) is 11.5 Å². The van der Waals surface area contributed by atoms with Gasteiger partial charge in [0.05, 0.1) is 25.5 Å². The number of allylic oxidation sites excluding steroid dienone is 1. The standard InChI is InChI=1S/C18H19BrN6O4/c1-24-15-14(16(28)22-18(24)29)25(9-13(27)10-26)17(21-15)23-20-8-12(19)7-11-5-3-2-4-6-11/h2-8,13,26-27H,9-10H2,1H3,(H,21,23)(H,22,28,29)/b12-7-,20-8+. The number of aliphatic hydroxyl groups excluding tert-OH is 2. The Morgan fingerprint density at radius 3 is 2.79 bits per heavy atom. The van der Waals surface area contributed by atoms with Gasteiger partial charge in [0.15, 0.2) is 11.2 Å². The molecule has 0 radical (unpaired) electrons. The average Bonchev–Trinajstić information content (AvgIpc) is 3.05. The molecule has 4 N–H and O–H groups in total. The van der Waals surface area contributed by atoms with E-state index in [1.54, 1.807) is 0 Å². The fraction of sp³-hybridized carbons (Fsp3) is 0.222. The van der Waals surface area contributed by atoms with Crippen LogP contribution in [0.3, 0.4) is 0 Å². The number of halogens is 1. The van der Waals surface area contributed by atoms with Gasteiger partial charge in [0.2, 0.25) is 5.95 Å². The van der Waals surface area contributed by atoms with Crippen molar-refractivity contribution < 1.29 is 10.2 Å². The number of hydrazone groups is 1. The molecule has 0 bridgehead atoms. The second-order valence-corrected chi connectivity index (χ2v) is 7.10. The van der Waals surface area contributed by atoms with Crippen molar-refractivity contribution in [3.8, 4) is 0 Å². The van der Waals surface area contributed by atoms with Gasteiger partial charge in [-0.2, -0.15) is 10.1 Å². The fourth-order valence-electron chi connectivity index (χ4n) is 2.66. The first-order valence-corrected chi connectivity index (χ1v) is 9.39. The van der Waals surface area contributed by atoms with E-state index < -0.39 is 24.0 Å².